The van der Waals surface area contributed by atoms with E-state index in [1.54, 1.807) is 42.9 Å². The second-order valence-corrected chi connectivity index (χ2v) is 11.6. The topological polar surface area (TPSA) is 161 Å². The van der Waals surface area contributed by atoms with E-state index >= 15 is 0 Å². The molecule has 0 bridgehead atoms. The Hall–Kier alpha value is -6.50. The third kappa shape index (κ3) is 7.57. The summed E-state index contributed by atoms with van der Waals surface area (Å²) < 4.78 is 42.1. The van der Waals surface area contributed by atoms with Crippen LogP contribution in [0.5, 0.6) is 17.4 Å². The second-order valence-electron chi connectivity index (χ2n) is 11.6. The van der Waals surface area contributed by atoms with Crippen molar-refractivity contribution in [2.75, 3.05) is 0 Å². The van der Waals surface area contributed by atoms with E-state index in [-0.39, 0.29) is 24.7 Å². The fourth-order valence-electron chi connectivity index (χ4n) is 5.34. The Morgan fingerprint density at radius 3 is 2.27 bits per heavy atom. The third-order valence-corrected chi connectivity index (χ3v) is 8.01. The van der Waals surface area contributed by atoms with Crippen molar-refractivity contribution in [3.8, 4) is 29.0 Å². The predicted molar refractivity (Wildman–Crippen MR) is 181 cm³/mol. The molecule has 51 heavy (non-hydrogen) atoms. The quantitative estimate of drug-likeness (QED) is 0.111. The van der Waals surface area contributed by atoms with E-state index in [1.807, 2.05) is 63.2 Å². The first-order chi connectivity index (χ1) is 24.8. The molecule has 1 atom stereocenters. The number of aromatic nitrogens is 4. The number of nitrogens with zero attached hydrogens (tertiary/aromatic N) is 4. The number of oxazole rings is 2. The van der Waals surface area contributed by atoms with Crippen LogP contribution in [0.4, 0.5) is 0 Å². The lowest BCUT2D eigenvalue weighted by atomic mass is 10.1. The second kappa shape index (κ2) is 14.5. The molecule has 0 aliphatic carbocycles. The first kappa shape index (κ1) is 33.0. The summed E-state index contributed by atoms with van der Waals surface area (Å²) in [4.78, 5) is 21.1. The Morgan fingerprint density at radius 2 is 1.59 bits per heavy atom. The highest BCUT2D eigenvalue weighted by Gasteiger charge is 2.26. The van der Waals surface area contributed by atoms with Crippen LogP contribution in [-0.4, -0.2) is 30.8 Å². The molecule has 1 N–H and O–H groups in total. The van der Waals surface area contributed by atoms with E-state index in [1.165, 1.54) is 10.9 Å². The molecular weight excluding hydrogens is 656 g/mol. The van der Waals surface area contributed by atoms with E-state index in [9.17, 15) is 9.90 Å². The van der Waals surface area contributed by atoms with Crippen LogP contribution < -0.4 is 14.2 Å². The van der Waals surface area contributed by atoms with Crippen LogP contribution in [0.3, 0.4) is 0 Å². The average Bonchev–Trinajstić information content (AvgIpc) is 3.98. The summed E-state index contributed by atoms with van der Waals surface area (Å²) in [5, 5.41) is 14.2. The van der Waals surface area contributed by atoms with Gasteiger partial charge in [0.1, 0.15) is 53.2 Å². The summed E-state index contributed by atoms with van der Waals surface area (Å²) in [5.41, 5.74) is 2.96. The molecule has 0 saturated heterocycles. The zero-order valence-corrected chi connectivity index (χ0v) is 28.1. The molecule has 0 amide bonds. The molecule has 0 spiro atoms. The highest BCUT2D eigenvalue weighted by Crippen LogP contribution is 2.31. The number of ether oxygens (including phenoxy) is 3. The molecule has 0 aliphatic rings. The Balaban J connectivity index is 0.961. The van der Waals surface area contributed by atoms with Gasteiger partial charge < -0.3 is 37.0 Å². The molecular formula is C38H34N4O9. The number of carboxylic acids is 1. The maximum atomic E-state index is 12.0. The summed E-state index contributed by atoms with van der Waals surface area (Å²) in [5.74, 6) is 3.58. The number of furan rings is 2. The molecule has 5 aromatic heterocycles. The highest BCUT2D eigenvalue weighted by molar-refractivity contribution is 5.89. The fraction of sp³-hybridized carbons (Fsp3) is 0.211. The molecule has 13 heteroatoms. The van der Waals surface area contributed by atoms with Gasteiger partial charge >= 0.3 is 5.97 Å². The summed E-state index contributed by atoms with van der Waals surface area (Å²) >= 11 is 0. The van der Waals surface area contributed by atoms with Crippen molar-refractivity contribution in [2.24, 2.45) is 0 Å². The van der Waals surface area contributed by atoms with Gasteiger partial charge in [-0.2, -0.15) is 0 Å². The van der Waals surface area contributed by atoms with Crippen LogP contribution in [0.1, 0.15) is 69.1 Å². The minimum absolute atomic E-state index is 0.0193. The van der Waals surface area contributed by atoms with Crippen molar-refractivity contribution < 1.29 is 41.8 Å². The molecule has 2 aromatic carbocycles. The Kier molecular flexibility index (Phi) is 9.42. The molecule has 0 aliphatic heterocycles. The standard InChI is InChI=1S/C38H34N4O9/c1-4-33-40-34(24(3)49-33)35(31-7-5-17-45-31)51-28-15-11-26(12-16-28)21-48-36-29(38(43)44)20-42(41-36)19-25-9-13-27(14-10-25)47-22-30-23(2)50-37(39-30)32-8-6-18-46-32/h5-18,20,35H,4,19,21-22H2,1-3H3,(H,43,44). The van der Waals surface area contributed by atoms with Gasteiger partial charge in [-0.25, -0.2) is 14.8 Å². The van der Waals surface area contributed by atoms with Gasteiger partial charge in [-0.1, -0.05) is 31.2 Å². The monoisotopic (exact) mass is 690 g/mol. The fourth-order valence-corrected chi connectivity index (χ4v) is 5.34. The average molecular weight is 691 g/mol. The molecule has 0 saturated carbocycles. The van der Waals surface area contributed by atoms with E-state index in [0.29, 0.717) is 70.7 Å². The number of hydrogen-bond donors (Lipinski definition) is 1. The number of aryl methyl sites for hydroxylation is 3. The van der Waals surface area contributed by atoms with Crippen LogP contribution >= 0.6 is 0 Å². The number of hydrogen-bond acceptors (Lipinski definition) is 11. The van der Waals surface area contributed by atoms with Crippen LogP contribution in [0.15, 0.2) is 109 Å². The van der Waals surface area contributed by atoms with E-state index in [0.717, 1.165) is 11.1 Å². The minimum atomic E-state index is -1.14. The molecule has 7 rings (SSSR count). The van der Waals surface area contributed by atoms with Crippen molar-refractivity contribution >= 4 is 5.97 Å². The smallest absolute Gasteiger partial charge is 0.342 e. The lowest BCUT2D eigenvalue weighted by Crippen LogP contribution is -2.10. The van der Waals surface area contributed by atoms with Crippen LogP contribution in [-0.2, 0) is 26.2 Å². The van der Waals surface area contributed by atoms with Gasteiger partial charge in [-0.05, 0) is 73.5 Å². The summed E-state index contributed by atoms with van der Waals surface area (Å²) in [6.07, 6.45) is 4.66. The molecule has 0 fully saturated rings. The van der Waals surface area contributed by atoms with Crippen LogP contribution in [0.2, 0.25) is 0 Å². The zero-order valence-electron chi connectivity index (χ0n) is 28.1. The van der Waals surface area contributed by atoms with Crippen LogP contribution in [0.25, 0.3) is 11.7 Å². The van der Waals surface area contributed by atoms with Gasteiger partial charge in [-0.3, -0.25) is 4.68 Å². The van der Waals surface area contributed by atoms with E-state index in [4.69, 9.17) is 31.9 Å². The van der Waals surface area contributed by atoms with Crippen molar-refractivity contribution in [1.82, 2.24) is 19.7 Å². The summed E-state index contributed by atoms with van der Waals surface area (Å²) in [7, 11) is 0. The Bertz CT molecular complexity index is 2190. The SMILES string of the molecule is CCc1nc(C(Oc2ccc(COc3nn(Cc4ccc(OCc5nc(-c6ccco6)oc5C)cc4)cc3C(=O)O)cc2)c2ccco2)c(C)o1. The first-order valence-corrected chi connectivity index (χ1v) is 16.2. The number of carboxylic acid groups (broad SMARTS) is 1. The van der Waals surface area contributed by atoms with Crippen molar-refractivity contribution in [3.05, 3.63) is 143 Å². The molecule has 0 radical (unpaired) electrons. The van der Waals surface area contributed by atoms with Gasteiger partial charge in [0.15, 0.2) is 17.4 Å². The lowest BCUT2D eigenvalue weighted by molar-refractivity contribution is 0.0691. The van der Waals surface area contributed by atoms with Gasteiger partial charge in [0.25, 0.3) is 5.89 Å². The molecule has 1 unspecified atom stereocenters. The molecule has 7 aromatic rings. The minimum Gasteiger partial charge on any atom is -0.487 e. The molecule has 13 nitrogen and oxygen atoms in total. The Morgan fingerprint density at radius 1 is 0.843 bits per heavy atom. The zero-order chi connectivity index (χ0) is 35.3. The van der Waals surface area contributed by atoms with Crippen molar-refractivity contribution in [3.63, 3.8) is 0 Å². The van der Waals surface area contributed by atoms with Crippen molar-refractivity contribution in [1.29, 1.82) is 0 Å². The summed E-state index contributed by atoms with van der Waals surface area (Å²) in [6, 6.07) is 21.9. The summed E-state index contributed by atoms with van der Waals surface area (Å²) in [6.45, 7) is 6.29. The van der Waals surface area contributed by atoms with Crippen LogP contribution in [0, 0.1) is 13.8 Å². The molecule has 260 valence electrons. The maximum Gasteiger partial charge on any atom is 0.342 e. The predicted octanol–water partition coefficient (Wildman–Crippen LogP) is 7.96. The number of carbonyl (C=O) groups is 1. The highest BCUT2D eigenvalue weighted by atomic mass is 16.5. The maximum absolute atomic E-state index is 12.0. The largest absolute Gasteiger partial charge is 0.487 e. The van der Waals surface area contributed by atoms with Gasteiger partial charge in [0, 0.05) is 12.6 Å². The molecule has 5 heterocycles. The van der Waals surface area contributed by atoms with Gasteiger partial charge in [0.05, 0.1) is 19.1 Å². The first-order valence-electron chi connectivity index (χ1n) is 16.2. The number of aromatic carboxylic acids is 1. The number of benzene rings is 2. The van der Waals surface area contributed by atoms with Gasteiger partial charge in [-0.15, -0.1) is 5.10 Å². The van der Waals surface area contributed by atoms with Gasteiger partial charge in [0.2, 0.25) is 12.0 Å². The van der Waals surface area contributed by atoms with E-state index < -0.39 is 12.1 Å². The van der Waals surface area contributed by atoms with Crippen molar-refractivity contribution in [2.45, 2.75) is 53.1 Å². The normalized spacial score (nSPS) is 11.8. The number of rotatable bonds is 15. The lowest BCUT2D eigenvalue weighted by Gasteiger charge is -2.16. The van der Waals surface area contributed by atoms with E-state index in [2.05, 4.69) is 15.1 Å². The Labute approximate surface area is 292 Å². The third-order valence-electron chi connectivity index (χ3n) is 8.01.